The molecule has 0 aliphatic rings. The fourth-order valence-corrected chi connectivity index (χ4v) is 2.34. The summed E-state index contributed by atoms with van der Waals surface area (Å²) in [6, 6.07) is 0. The maximum Gasteiger partial charge on any atom is 0.0543 e. The normalized spacial score (nSPS) is 13.2. The fraction of sp³-hybridized carbons (Fsp3) is 0.889. The zero-order valence-electron chi connectivity index (χ0n) is 13.4. The molecule has 0 radical (unpaired) electrons. The molecule has 19 heavy (non-hydrogen) atoms. The molecular weight excluding hydrogens is 232 g/mol. The molecule has 0 saturated heterocycles. The summed E-state index contributed by atoms with van der Waals surface area (Å²) in [5.41, 5.74) is 0. The summed E-state index contributed by atoms with van der Waals surface area (Å²) in [6.07, 6.45) is 20.5. The van der Waals surface area contributed by atoms with E-state index in [0.717, 1.165) is 19.3 Å². The van der Waals surface area contributed by atoms with Crippen LogP contribution in [-0.2, 0) is 0 Å². The van der Waals surface area contributed by atoms with Crippen LogP contribution in [0.3, 0.4) is 0 Å². The highest BCUT2D eigenvalue weighted by molar-refractivity contribution is 4.82. The van der Waals surface area contributed by atoms with Crippen molar-refractivity contribution < 1.29 is 5.11 Å². The summed E-state index contributed by atoms with van der Waals surface area (Å²) in [5.74, 6) is 0. The van der Waals surface area contributed by atoms with E-state index >= 15 is 0 Å². The van der Waals surface area contributed by atoms with Crippen LogP contribution in [0, 0.1) is 0 Å². The van der Waals surface area contributed by atoms with Gasteiger partial charge < -0.3 is 5.11 Å². The van der Waals surface area contributed by atoms with Gasteiger partial charge >= 0.3 is 0 Å². The Morgan fingerprint density at radius 1 is 0.684 bits per heavy atom. The van der Waals surface area contributed by atoms with Gasteiger partial charge in [0.05, 0.1) is 6.10 Å². The first kappa shape index (κ1) is 18.7. The van der Waals surface area contributed by atoms with Crippen LogP contribution in [0.2, 0.25) is 0 Å². The van der Waals surface area contributed by atoms with Gasteiger partial charge in [-0.25, -0.2) is 0 Å². The maximum atomic E-state index is 9.84. The van der Waals surface area contributed by atoms with E-state index in [4.69, 9.17) is 0 Å². The van der Waals surface area contributed by atoms with Crippen LogP contribution in [-0.4, -0.2) is 11.2 Å². The molecule has 0 aliphatic carbocycles. The van der Waals surface area contributed by atoms with Crippen LogP contribution in [0.5, 0.6) is 0 Å². The Hall–Kier alpha value is -0.300. The van der Waals surface area contributed by atoms with Crippen molar-refractivity contribution in [2.45, 2.75) is 103 Å². The van der Waals surface area contributed by atoms with Crippen molar-refractivity contribution in [2.24, 2.45) is 0 Å². The smallest absolute Gasteiger partial charge is 0.0543 e. The van der Waals surface area contributed by atoms with Crippen molar-refractivity contribution in [3.8, 4) is 0 Å². The van der Waals surface area contributed by atoms with E-state index < -0.39 is 0 Å². The van der Waals surface area contributed by atoms with Gasteiger partial charge in [0.25, 0.3) is 0 Å². The third-order valence-corrected chi connectivity index (χ3v) is 3.70. The van der Waals surface area contributed by atoms with E-state index in [0.29, 0.717) is 0 Å². The predicted molar refractivity (Wildman–Crippen MR) is 86.5 cm³/mol. The molecule has 0 aromatic carbocycles. The third-order valence-electron chi connectivity index (χ3n) is 3.70. The number of aliphatic hydroxyl groups is 1. The fourth-order valence-electron chi connectivity index (χ4n) is 2.34. The molecule has 0 saturated carbocycles. The molecule has 0 spiro atoms. The summed E-state index contributed by atoms with van der Waals surface area (Å²) >= 11 is 0. The molecule has 0 aliphatic heterocycles. The Kier molecular flexibility index (Phi) is 15.5. The van der Waals surface area contributed by atoms with Crippen molar-refractivity contribution in [3.05, 3.63) is 12.2 Å². The molecule has 0 fully saturated rings. The van der Waals surface area contributed by atoms with Crippen LogP contribution in [0.1, 0.15) is 97.3 Å². The van der Waals surface area contributed by atoms with Crippen LogP contribution in [0.25, 0.3) is 0 Å². The number of hydrogen-bond donors (Lipinski definition) is 1. The lowest BCUT2D eigenvalue weighted by Gasteiger charge is -2.08. The van der Waals surface area contributed by atoms with Crippen molar-refractivity contribution in [3.63, 3.8) is 0 Å². The molecule has 0 aromatic rings. The molecule has 0 rings (SSSR count). The van der Waals surface area contributed by atoms with E-state index in [-0.39, 0.29) is 6.10 Å². The molecular formula is C18H36O. The average molecular weight is 268 g/mol. The molecule has 1 N–H and O–H groups in total. The highest BCUT2D eigenvalue weighted by Crippen LogP contribution is 2.11. The predicted octanol–water partition coefficient (Wildman–Crippen LogP) is 6.01. The molecule has 0 bridgehead atoms. The van der Waals surface area contributed by atoms with Gasteiger partial charge in [-0.3, -0.25) is 0 Å². The minimum absolute atomic E-state index is 0.0774. The number of unbranched alkanes of at least 4 members (excludes halogenated alkanes) is 8. The van der Waals surface area contributed by atoms with Crippen molar-refractivity contribution in [1.29, 1.82) is 0 Å². The van der Waals surface area contributed by atoms with Gasteiger partial charge in [0.15, 0.2) is 0 Å². The van der Waals surface area contributed by atoms with Gasteiger partial charge in [0.1, 0.15) is 0 Å². The first-order valence-corrected chi connectivity index (χ1v) is 8.64. The van der Waals surface area contributed by atoms with Gasteiger partial charge in [-0.05, 0) is 32.1 Å². The lowest BCUT2D eigenvalue weighted by molar-refractivity contribution is 0.152. The van der Waals surface area contributed by atoms with Crippen molar-refractivity contribution >= 4 is 0 Å². The number of hydrogen-bond acceptors (Lipinski definition) is 1. The second-order valence-corrected chi connectivity index (χ2v) is 5.75. The zero-order chi connectivity index (χ0) is 14.2. The molecule has 0 amide bonds. The molecule has 1 heteroatoms. The average Bonchev–Trinajstić information content (AvgIpc) is 2.41. The van der Waals surface area contributed by atoms with Gasteiger partial charge in [-0.1, -0.05) is 77.4 Å². The molecule has 114 valence electrons. The molecule has 1 nitrogen and oxygen atoms in total. The highest BCUT2D eigenvalue weighted by Gasteiger charge is 2.01. The summed E-state index contributed by atoms with van der Waals surface area (Å²) in [7, 11) is 0. The van der Waals surface area contributed by atoms with Gasteiger partial charge in [-0.15, -0.1) is 0 Å². The first-order valence-electron chi connectivity index (χ1n) is 8.64. The second kappa shape index (κ2) is 15.8. The maximum absolute atomic E-state index is 9.84. The van der Waals surface area contributed by atoms with Crippen LogP contribution >= 0.6 is 0 Å². The Morgan fingerprint density at radius 3 is 1.95 bits per heavy atom. The highest BCUT2D eigenvalue weighted by atomic mass is 16.3. The van der Waals surface area contributed by atoms with Gasteiger partial charge in [-0.2, -0.15) is 0 Å². The minimum Gasteiger partial charge on any atom is -0.393 e. The molecule has 1 unspecified atom stereocenters. The zero-order valence-corrected chi connectivity index (χ0v) is 13.4. The van der Waals surface area contributed by atoms with E-state index in [1.807, 2.05) is 0 Å². The number of allylic oxidation sites excluding steroid dienone is 2. The van der Waals surface area contributed by atoms with Crippen LogP contribution in [0.15, 0.2) is 12.2 Å². The van der Waals surface area contributed by atoms with Crippen LogP contribution in [0.4, 0.5) is 0 Å². The van der Waals surface area contributed by atoms with Crippen molar-refractivity contribution in [2.75, 3.05) is 0 Å². The number of aliphatic hydroxyl groups excluding tert-OH is 1. The lowest BCUT2D eigenvalue weighted by Crippen LogP contribution is -2.05. The van der Waals surface area contributed by atoms with E-state index in [9.17, 15) is 5.11 Å². The first-order chi connectivity index (χ1) is 9.31. The lowest BCUT2D eigenvalue weighted by atomic mass is 10.0. The topological polar surface area (TPSA) is 20.2 Å². The standard InChI is InChI=1S/C18H36O/c1-3-5-7-9-10-11-13-15-17-18(19)16-14-12-8-6-4-2/h11,13,18-19H,3-10,12,14-17H2,1-2H3/b13-11-. The summed E-state index contributed by atoms with van der Waals surface area (Å²) in [4.78, 5) is 0. The van der Waals surface area contributed by atoms with Crippen molar-refractivity contribution in [1.82, 2.24) is 0 Å². The van der Waals surface area contributed by atoms with E-state index in [1.165, 1.54) is 64.2 Å². The minimum atomic E-state index is -0.0774. The third kappa shape index (κ3) is 15.6. The Morgan fingerprint density at radius 2 is 1.26 bits per heavy atom. The van der Waals surface area contributed by atoms with Gasteiger partial charge in [0.2, 0.25) is 0 Å². The molecule has 1 atom stereocenters. The summed E-state index contributed by atoms with van der Waals surface area (Å²) in [6.45, 7) is 4.49. The summed E-state index contributed by atoms with van der Waals surface area (Å²) < 4.78 is 0. The molecule has 0 heterocycles. The number of rotatable bonds is 14. The Balaban J connectivity index is 3.23. The Bertz CT molecular complexity index is 186. The Labute approximate surface area is 121 Å². The largest absolute Gasteiger partial charge is 0.393 e. The SMILES string of the molecule is CCCCCC/C=C\CCC(O)CCCCCCC. The van der Waals surface area contributed by atoms with Crippen LogP contribution < -0.4 is 0 Å². The monoisotopic (exact) mass is 268 g/mol. The van der Waals surface area contributed by atoms with E-state index in [2.05, 4.69) is 26.0 Å². The molecule has 0 aromatic heterocycles. The van der Waals surface area contributed by atoms with Gasteiger partial charge in [0, 0.05) is 0 Å². The quantitative estimate of drug-likeness (QED) is 0.302. The van der Waals surface area contributed by atoms with E-state index in [1.54, 1.807) is 0 Å². The summed E-state index contributed by atoms with van der Waals surface area (Å²) in [5, 5.41) is 9.84. The second-order valence-electron chi connectivity index (χ2n) is 5.75.